The van der Waals surface area contributed by atoms with Crippen LogP contribution >= 0.6 is 0 Å². The Labute approximate surface area is 109 Å². The molecule has 1 heterocycles. The van der Waals surface area contributed by atoms with E-state index in [1.54, 1.807) is 0 Å². The third kappa shape index (κ3) is 1.56. The Bertz CT molecular complexity index is 359. The number of carbonyl (C=O) groups is 1. The number of fused-ring (bicyclic) bond motifs is 1. The van der Waals surface area contributed by atoms with Crippen molar-refractivity contribution in [3.8, 4) is 0 Å². The van der Waals surface area contributed by atoms with Crippen LogP contribution in [0.25, 0.3) is 0 Å². The van der Waals surface area contributed by atoms with E-state index >= 15 is 0 Å². The zero-order chi connectivity index (χ0) is 13.0. The molecule has 3 rings (SSSR count). The van der Waals surface area contributed by atoms with E-state index in [0.29, 0.717) is 6.10 Å². The summed E-state index contributed by atoms with van der Waals surface area (Å²) in [5, 5.41) is 9.96. The van der Waals surface area contributed by atoms with Crippen LogP contribution in [0, 0.1) is 16.7 Å². The van der Waals surface area contributed by atoms with Gasteiger partial charge >= 0.3 is 5.97 Å². The Kier molecular flexibility index (Phi) is 2.74. The van der Waals surface area contributed by atoms with Crippen LogP contribution in [0.15, 0.2) is 0 Å². The van der Waals surface area contributed by atoms with Crippen molar-refractivity contribution >= 4 is 5.97 Å². The Hall–Kier alpha value is -0.570. The van der Waals surface area contributed by atoms with Crippen molar-refractivity contribution in [2.45, 2.75) is 71.0 Å². The van der Waals surface area contributed by atoms with Gasteiger partial charge in [-0.15, -0.1) is 0 Å². The molecule has 0 aromatic carbocycles. The van der Waals surface area contributed by atoms with Gasteiger partial charge in [-0.1, -0.05) is 33.1 Å². The van der Waals surface area contributed by atoms with Crippen LogP contribution in [0.4, 0.5) is 0 Å². The summed E-state index contributed by atoms with van der Waals surface area (Å²) in [4.78, 5) is 12.1. The van der Waals surface area contributed by atoms with Crippen LogP contribution in [-0.2, 0) is 9.53 Å². The van der Waals surface area contributed by atoms with E-state index in [-0.39, 0.29) is 17.4 Å². The first-order chi connectivity index (χ1) is 8.49. The number of ether oxygens (including phenoxy) is 1. The summed E-state index contributed by atoms with van der Waals surface area (Å²) in [6.45, 7) is 4.35. The number of hydrogen-bond donors (Lipinski definition) is 1. The van der Waals surface area contributed by atoms with Crippen molar-refractivity contribution in [2.24, 2.45) is 16.7 Å². The third-order valence-corrected chi connectivity index (χ3v) is 6.05. The zero-order valence-corrected chi connectivity index (χ0v) is 11.4. The van der Waals surface area contributed by atoms with Gasteiger partial charge in [-0.25, -0.2) is 0 Å². The Morgan fingerprint density at radius 3 is 2.50 bits per heavy atom. The summed E-state index contributed by atoms with van der Waals surface area (Å²) in [7, 11) is 0. The predicted molar refractivity (Wildman–Crippen MR) is 68.3 cm³/mol. The lowest BCUT2D eigenvalue weighted by atomic mass is 9.49. The maximum atomic E-state index is 12.1. The molecule has 0 amide bonds. The summed E-state index contributed by atoms with van der Waals surface area (Å²) >= 11 is 0. The lowest BCUT2D eigenvalue weighted by molar-refractivity contribution is -0.170. The van der Waals surface area contributed by atoms with Gasteiger partial charge in [0.15, 0.2) is 0 Å². The van der Waals surface area contributed by atoms with Crippen molar-refractivity contribution in [3.63, 3.8) is 0 Å². The molecule has 0 bridgehead atoms. The van der Waals surface area contributed by atoms with Crippen LogP contribution < -0.4 is 0 Å². The van der Waals surface area contributed by atoms with Crippen LogP contribution in [-0.4, -0.2) is 23.3 Å². The number of rotatable bonds is 2. The molecule has 0 aromatic rings. The van der Waals surface area contributed by atoms with E-state index < -0.39 is 11.4 Å². The second-order valence-electron chi connectivity index (χ2n) is 6.95. The smallest absolute Gasteiger partial charge is 0.310 e. The standard InChI is InChI=1S/C15H24O3/c1-10-8-11-12(18-11)9-15(10,13(16)17)14(2)6-4-3-5-7-14/h10-12H,3-9H2,1-2H3,(H,16,17). The second kappa shape index (κ2) is 3.96. The number of epoxide rings is 1. The highest BCUT2D eigenvalue weighted by atomic mass is 16.6. The van der Waals surface area contributed by atoms with E-state index in [9.17, 15) is 9.90 Å². The molecule has 2 aliphatic carbocycles. The number of hydrogen-bond acceptors (Lipinski definition) is 2. The van der Waals surface area contributed by atoms with Crippen LogP contribution in [0.3, 0.4) is 0 Å². The van der Waals surface area contributed by atoms with E-state index in [2.05, 4.69) is 13.8 Å². The molecule has 1 saturated heterocycles. The largest absolute Gasteiger partial charge is 0.481 e. The van der Waals surface area contributed by atoms with E-state index in [1.807, 2.05) is 0 Å². The maximum absolute atomic E-state index is 12.1. The third-order valence-electron chi connectivity index (χ3n) is 6.05. The molecule has 18 heavy (non-hydrogen) atoms. The minimum atomic E-state index is -0.576. The summed E-state index contributed by atoms with van der Waals surface area (Å²) in [6, 6.07) is 0. The summed E-state index contributed by atoms with van der Waals surface area (Å²) in [5.41, 5.74) is -0.585. The molecular formula is C15H24O3. The van der Waals surface area contributed by atoms with Gasteiger partial charge in [0.2, 0.25) is 0 Å². The van der Waals surface area contributed by atoms with Crippen LogP contribution in [0.2, 0.25) is 0 Å². The summed E-state index contributed by atoms with van der Waals surface area (Å²) < 4.78 is 5.63. The normalized spacial score (nSPS) is 46.2. The van der Waals surface area contributed by atoms with E-state index in [4.69, 9.17) is 4.74 Å². The van der Waals surface area contributed by atoms with Gasteiger partial charge in [0.1, 0.15) is 0 Å². The first-order valence-electron chi connectivity index (χ1n) is 7.38. The monoisotopic (exact) mass is 252 g/mol. The lowest BCUT2D eigenvalue weighted by Gasteiger charge is -2.52. The van der Waals surface area contributed by atoms with Gasteiger partial charge in [0.25, 0.3) is 0 Å². The second-order valence-corrected chi connectivity index (χ2v) is 6.95. The van der Waals surface area contributed by atoms with Gasteiger partial charge in [-0.2, -0.15) is 0 Å². The van der Waals surface area contributed by atoms with Crippen molar-refractivity contribution in [1.82, 2.24) is 0 Å². The number of aliphatic carboxylic acids is 1. The van der Waals surface area contributed by atoms with Crippen molar-refractivity contribution in [2.75, 3.05) is 0 Å². The molecular weight excluding hydrogens is 228 g/mol. The molecule has 0 spiro atoms. The van der Waals surface area contributed by atoms with E-state index in [0.717, 1.165) is 25.7 Å². The first kappa shape index (κ1) is 12.5. The molecule has 1 aliphatic heterocycles. The number of carboxylic acids is 1. The molecule has 3 aliphatic rings. The Balaban J connectivity index is 1.96. The van der Waals surface area contributed by atoms with Gasteiger partial charge in [0.05, 0.1) is 17.6 Å². The van der Waals surface area contributed by atoms with Crippen LogP contribution in [0.5, 0.6) is 0 Å². The van der Waals surface area contributed by atoms with Gasteiger partial charge in [-0.05, 0) is 37.0 Å². The average molecular weight is 252 g/mol. The molecule has 3 fully saturated rings. The Morgan fingerprint density at radius 1 is 1.22 bits per heavy atom. The van der Waals surface area contributed by atoms with Gasteiger partial charge in [-0.3, -0.25) is 4.79 Å². The molecule has 102 valence electrons. The lowest BCUT2D eigenvalue weighted by Crippen LogP contribution is -2.54. The summed E-state index contributed by atoms with van der Waals surface area (Å²) in [5.74, 6) is -0.338. The van der Waals surface area contributed by atoms with Crippen molar-refractivity contribution in [1.29, 1.82) is 0 Å². The zero-order valence-electron chi connectivity index (χ0n) is 11.4. The SMILES string of the molecule is CC1CC2OC2CC1(C(=O)O)C1(C)CCCCC1. The molecule has 0 aromatic heterocycles. The Morgan fingerprint density at radius 2 is 1.89 bits per heavy atom. The van der Waals surface area contributed by atoms with Gasteiger partial charge in [0, 0.05) is 0 Å². The number of carboxylic acid groups (broad SMARTS) is 1. The molecule has 4 atom stereocenters. The maximum Gasteiger partial charge on any atom is 0.310 e. The predicted octanol–water partition coefficient (Wildman–Crippen LogP) is 3.23. The minimum Gasteiger partial charge on any atom is -0.481 e. The fourth-order valence-electron chi connectivity index (χ4n) is 4.81. The molecule has 3 heteroatoms. The minimum absolute atomic E-state index is 0.0343. The fourth-order valence-corrected chi connectivity index (χ4v) is 4.81. The van der Waals surface area contributed by atoms with Crippen molar-refractivity contribution in [3.05, 3.63) is 0 Å². The first-order valence-corrected chi connectivity index (χ1v) is 7.38. The van der Waals surface area contributed by atoms with Crippen molar-refractivity contribution < 1.29 is 14.6 Å². The molecule has 3 nitrogen and oxygen atoms in total. The summed E-state index contributed by atoms with van der Waals surface area (Å²) in [6.07, 6.45) is 8.05. The molecule has 2 saturated carbocycles. The fraction of sp³-hybridized carbons (Fsp3) is 0.933. The highest BCUT2D eigenvalue weighted by Gasteiger charge is 2.64. The molecule has 0 radical (unpaired) electrons. The van der Waals surface area contributed by atoms with Crippen LogP contribution in [0.1, 0.15) is 58.8 Å². The molecule has 4 unspecified atom stereocenters. The topological polar surface area (TPSA) is 49.8 Å². The highest BCUT2D eigenvalue weighted by molar-refractivity contribution is 5.76. The van der Waals surface area contributed by atoms with E-state index in [1.165, 1.54) is 19.3 Å². The quantitative estimate of drug-likeness (QED) is 0.768. The average Bonchev–Trinajstić information content (AvgIpc) is 3.05. The highest BCUT2D eigenvalue weighted by Crippen LogP contribution is 2.62. The van der Waals surface area contributed by atoms with Gasteiger partial charge < -0.3 is 9.84 Å². The molecule has 1 N–H and O–H groups in total.